The van der Waals surface area contributed by atoms with E-state index in [1.165, 1.54) is 0 Å². The summed E-state index contributed by atoms with van der Waals surface area (Å²) >= 11 is 0. The van der Waals surface area contributed by atoms with Gasteiger partial charge in [0.2, 0.25) is 0 Å². The van der Waals surface area contributed by atoms with Crippen molar-refractivity contribution in [2.24, 2.45) is 0 Å². The van der Waals surface area contributed by atoms with Gasteiger partial charge < -0.3 is 5.11 Å². The molecule has 23 heavy (non-hydrogen) atoms. The summed E-state index contributed by atoms with van der Waals surface area (Å²) in [5.74, 6) is 0.209. The Kier molecular flexibility index (Phi) is 3.28. The number of phenolic OH excluding ortho intramolecular Hbond substituents is 1. The van der Waals surface area contributed by atoms with E-state index in [9.17, 15) is 5.11 Å². The number of aromatic nitrogens is 1. The molecule has 0 saturated heterocycles. The zero-order valence-electron chi connectivity index (χ0n) is 12.5. The maximum absolute atomic E-state index is 10.3. The van der Waals surface area contributed by atoms with E-state index in [1.807, 2.05) is 48.5 Å². The highest BCUT2D eigenvalue weighted by Crippen LogP contribution is 2.32. The van der Waals surface area contributed by atoms with Crippen LogP contribution in [-0.4, -0.2) is 10.1 Å². The van der Waals surface area contributed by atoms with Gasteiger partial charge in [0.05, 0.1) is 0 Å². The summed E-state index contributed by atoms with van der Waals surface area (Å²) in [6.45, 7) is 0. The molecule has 0 amide bonds. The van der Waals surface area contributed by atoms with Gasteiger partial charge >= 0.3 is 0 Å². The zero-order chi connectivity index (χ0) is 15.6. The van der Waals surface area contributed by atoms with Crippen molar-refractivity contribution < 1.29 is 5.11 Å². The number of fused-ring (bicyclic) bond motifs is 1. The molecule has 1 heterocycles. The molecule has 0 saturated carbocycles. The molecule has 4 aromatic rings. The second-order valence-corrected chi connectivity index (χ2v) is 5.52. The number of pyridine rings is 1. The summed E-state index contributed by atoms with van der Waals surface area (Å²) in [6.07, 6.45) is 1.81. The zero-order valence-corrected chi connectivity index (χ0v) is 12.5. The van der Waals surface area contributed by atoms with Crippen molar-refractivity contribution in [2.75, 3.05) is 0 Å². The first kappa shape index (κ1) is 13.5. The summed E-state index contributed by atoms with van der Waals surface area (Å²) in [5.41, 5.74) is 4.86. The SMILES string of the molecule is Oc1cc(-c2ccccc2)cc2cc(-c3ccccc3)cnc12. The molecule has 0 aliphatic rings. The predicted molar refractivity (Wildman–Crippen MR) is 94.3 cm³/mol. The number of hydrogen-bond donors (Lipinski definition) is 1. The van der Waals surface area contributed by atoms with Crippen LogP contribution < -0.4 is 0 Å². The van der Waals surface area contributed by atoms with Gasteiger partial charge in [-0.25, -0.2) is 0 Å². The molecular formula is C21H15NO. The quantitative estimate of drug-likeness (QED) is 0.546. The summed E-state index contributed by atoms with van der Waals surface area (Å²) in [6, 6.07) is 26.1. The fraction of sp³-hybridized carbons (Fsp3) is 0. The van der Waals surface area contributed by atoms with Gasteiger partial charge in [0.1, 0.15) is 11.3 Å². The van der Waals surface area contributed by atoms with E-state index in [0.717, 1.165) is 27.6 Å². The predicted octanol–water partition coefficient (Wildman–Crippen LogP) is 5.27. The lowest BCUT2D eigenvalue weighted by Gasteiger charge is -2.08. The van der Waals surface area contributed by atoms with Gasteiger partial charge in [-0.15, -0.1) is 0 Å². The molecule has 0 fully saturated rings. The topological polar surface area (TPSA) is 33.1 Å². The van der Waals surface area contributed by atoms with Crippen LogP contribution in [0.4, 0.5) is 0 Å². The second-order valence-electron chi connectivity index (χ2n) is 5.52. The Morgan fingerprint density at radius 2 is 1.17 bits per heavy atom. The van der Waals surface area contributed by atoms with Crippen molar-refractivity contribution in [2.45, 2.75) is 0 Å². The lowest BCUT2D eigenvalue weighted by atomic mass is 10.0. The number of nitrogens with zero attached hydrogens (tertiary/aromatic N) is 1. The molecule has 4 rings (SSSR count). The molecule has 0 aliphatic carbocycles. The Labute approximate surface area is 134 Å². The molecule has 0 unspecified atom stereocenters. The van der Waals surface area contributed by atoms with Crippen LogP contribution in [0.15, 0.2) is 85.1 Å². The minimum absolute atomic E-state index is 0.209. The normalized spacial score (nSPS) is 10.8. The van der Waals surface area contributed by atoms with Crippen molar-refractivity contribution in [3.05, 3.63) is 85.1 Å². The van der Waals surface area contributed by atoms with E-state index < -0.39 is 0 Å². The molecule has 110 valence electrons. The van der Waals surface area contributed by atoms with Crippen LogP contribution in [0.3, 0.4) is 0 Å². The van der Waals surface area contributed by atoms with E-state index >= 15 is 0 Å². The van der Waals surface area contributed by atoms with Gasteiger partial charge in [0.25, 0.3) is 0 Å². The molecule has 0 radical (unpaired) electrons. The number of hydrogen-bond acceptors (Lipinski definition) is 2. The molecule has 1 aromatic heterocycles. The lowest BCUT2D eigenvalue weighted by Crippen LogP contribution is -1.86. The third kappa shape index (κ3) is 2.55. The standard InChI is InChI=1S/C21H15NO/c23-20-13-17(15-7-3-1-4-8-15)11-18-12-19(14-22-21(18)20)16-9-5-2-6-10-16/h1-14,23H. The minimum atomic E-state index is 0.209. The molecule has 3 aromatic carbocycles. The molecular weight excluding hydrogens is 282 g/mol. The Morgan fingerprint density at radius 1 is 0.609 bits per heavy atom. The van der Waals surface area contributed by atoms with Crippen LogP contribution >= 0.6 is 0 Å². The third-order valence-corrected chi connectivity index (χ3v) is 3.98. The minimum Gasteiger partial charge on any atom is -0.506 e. The lowest BCUT2D eigenvalue weighted by molar-refractivity contribution is 0.480. The molecule has 1 N–H and O–H groups in total. The smallest absolute Gasteiger partial charge is 0.142 e. The second kappa shape index (κ2) is 5.58. The van der Waals surface area contributed by atoms with E-state index in [4.69, 9.17) is 0 Å². The summed E-state index contributed by atoms with van der Waals surface area (Å²) < 4.78 is 0. The van der Waals surface area contributed by atoms with Gasteiger partial charge in [-0.05, 0) is 34.9 Å². The molecule has 0 spiro atoms. The average Bonchev–Trinajstić information content (AvgIpc) is 2.63. The molecule has 2 nitrogen and oxygen atoms in total. The highest BCUT2D eigenvalue weighted by Gasteiger charge is 2.08. The number of rotatable bonds is 2. The van der Waals surface area contributed by atoms with Gasteiger partial charge in [0.15, 0.2) is 0 Å². The van der Waals surface area contributed by atoms with E-state index in [-0.39, 0.29) is 5.75 Å². The Hall–Kier alpha value is -3.13. The third-order valence-electron chi connectivity index (χ3n) is 3.98. The monoisotopic (exact) mass is 297 g/mol. The maximum atomic E-state index is 10.3. The van der Waals surface area contributed by atoms with Crippen LogP contribution in [0.1, 0.15) is 0 Å². The first-order valence-corrected chi connectivity index (χ1v) is 7.55. The van der Waals surface area contributed by atoms with E-state index in [2.05, 4.69) is 29.2 Å². The van der Waals surface area contributed by atoms with Gasteiger partial charge in [-0.3, -0.25) is 4.98 Å². The van der Waals surface area contributed by atoms with Gasteiger partial charge in [-0.1, -0.05) is 60.7 Å². The van der Waals surface area contributed by atoms with Crippen LogP contribution in [-0.2, 0) is 0 Å². The first-order valence-electron chi connectivity index (χ1n) is 7.55. The van der Waals surface area contributed by atoms with Crippen molar-refractivity contribution in [3.8, 4) is 28.0 Å². The largest absolute Gasteiger partial charge is 0.506 e. The number of benzene rings is 3. The average molecular weight is 297 g/mol. The van der Waals surface area contributed by atoms with Crippen molar-refractivity contribution in [1.82, 2.24) is 4.98 Å². The molecule has 0 atom stereocenters. The molecule has 2 heteroatoms. The van der Waals surface area contributed by atoms with E-state index in [1.54, 1.807) is 12.3 Å². The fourth-order valence-electron chi connectivity index (χ4n) is 2.82. The van der Waals surface area contributed by atoms with Crippen LogP contribution in [0, 0.1) is 0 Å². The van der Waals surface area contributed by atoms with Gasteiger partial charge in [0, 0.05) is 17.1 Å². The highest BCUT2D eigenvalue weighted by atomic mass is 16.3. The first-order chi connectivity index (χ1) is 11.3. The molecule has 0 bridgehead atoms. The molecule has 0 aliphatic heterocycles. The van der Waals surface area contributed by atoms with Crippen LogP contribution in [0.5, 0.6) is 5.75 Å². The van der Waals surface area contributed by atoms with Crippen molar-refractivity contribution in [3.63, 3.8) is 0 Å². The van der Waals surface area contributed by atoms with E-state index in [0.29, 0.717) is 5.52 Å². The summed E-state index contributed by atoms with van der Waals surface area (Å²) in [5, 5.41) is 11.2. The Balaban J connectivity index is 1.90. The highest BCUT2D eigenvalue weighted by molar-refractivity contribution is 5.92. The Bertz CT molecular complexity index is 958. The fourth-order valence-corrected chi connectivity index (χ4v) is 2.82. The van der Waals surface area contributed by atoms with Crippen LogP contribution in [0.2, 0.25) is 0 Å². The van der Waals surface area contributed by atoms with Gasteiger partial charge in [-0.2, -0.15) is 0 Å². The number of phenols is 1. The van der Waals surface area contributed by atoms with Crippen molar-refractivity contribution in [1.29, 1.82) is 0 Å². The van der Waals surface area contributed by atoms with Crippen LogP contribution in [0.25, 0.3) is 33.2 Å². The number of aromatic hydroxyl groups is 1. The summed E-state index contributed by atoms with van der Waals surface area (Å²) in [4.78, 5) is 4.44. The Morgan fingerprint density at radius 3 is 1.83 bits per heavy atom. The van der Waals surface area contributed by atoms with Crippen molar-refractivity contribution >= 4 is 10.9 Å². The maximum Gasteiger partial charge on any atom is 0.142 e. The summed E-state index contributed by atoms with van der Waals surface area (Å²) in [7, 11) is 0.